The van der Waals surface area contributed by atoms with E-state index in [0.717, 1.165) is 0 Å². The highest BCUT2D eigenvalue weighted by atomic mass is 19.1. The van der Waals surface area contributed by atoms with Crippen molar-refractivity contribution in [3.63, 3.8) is 0 Å². The van der Waals surface area contributed by atoms with Gasteiger partial charge in [0.25, 0.3) is 5.91 Å². The van der Waals surface area contributed by atoms with Gasteiger partial charge in [-0.15, -0.1) is 5.10 Å². The summed E-state index contributed by atoms with van der Waals surface area (Å²) in [6.45, 7) is 3.01. The molecule has 1 fully saturated rings. The minimum absolute atomic E-state index is 0.0507. The average Bonchev–Trinajstić information content (AvgIpc) is 3.26. The summed E-state index contributed by atoms with van der Waals surface area (Å²) in [6, 6.07) is 11.3. The summed E-state index contributed by atoms with van der Waals surface area (Å²) in [4.78, 5) is 16.9. The lowest BCUT2D eigenvalue weighted by Crippen LogP contribution is -2.48. The first kappa shape index (κ1) is 20.7. The number of halogens is 1. The van der Waals surface area contributed by atoms with Gasteiger partial charge in [-0.25, -0.2) is 4.39 Å². The van der Waals surface area contributed by atoms with Crippen LogP contribution in [0.3, 0.4) is 0 Å². The van der Waals surface area contributed by atoms with Crippen LogP contribution in [0.5, 0.6) is 11.5 Å². The van der Waals surface area contributed by atoms with Crippen LogP contribution in [0.15, 0.2) is 42.5 Å². The zero-order chi connectivity index (χ0) is 21.8. The Morgan fingerprint density at radius 1 is 1.03 bits per heavy atom. The van der Waals surface area contributed by atoms with Gasteiger partial charge in [-0.2, -0.15) is 4.68 Å². The number of hydrogen-bond donors (Lipinski definition) is 0. The predicted octanol–water partition coefficient (Wildman–Crippen LogP) is 1.78. The summed E-state index contributed by atoms with van der Waals surface area (Å²) in [5, 5.41) is 11.8. The third-order valence-electron chi connectivity index (χ3n) is 5.24. The largest absolute Gasteiger partial charge is 0.493 e. The predicted molar refractivity (Wildman–Crippen MR) is 110 cm³/mol. The van der Waals surface area contributed by atoms with Gasteiger partial charge in [0.1, 0.15) is 5.82 Å². The van der Waals surface area contributed by atoms with Gasteiger partial charge in [-0.1, -0.05) is 6.07 Å². The number of benzene rings is 2. The third-order valence-corrected chi connectivity index (χ3v) is 5.24. The number of tetrazole rings is 1. The van der Waals surface area contributed by atoms with Crippen molar-refractivity contribution < 1.29 is 18.7 Å². The molecule has 1 aliphatic rings. The van der Waals surface area contributed by atoms with Crippen LogP contribution in [-0.4, -0.2) is 76.3 Å². The second kappa shape index (κ2) is 9.09. The highest BCUT2D eigenvalue weighted by Crippen LogP contribution is 2.28. The second-order valence-corrected chi connectivity index (χ2v) is 7.12. The van der Waals surface area contributed by atoms with Crippen LogP contribution in [0, 0.1) is 5.82 Å². The molecule has 2 heterocycles. The molecule has 1 aliphatic heterocycles. The van der Waals surface area contributed by atoms with Crippen LogP contribution in [0.25, 0.3) is 5.69 Å². The summed E-state index contributed by atoms with van der Waals surface area (Å²) < 4.78 is 25.6. The van der Waals surface area contributed by atoms with E-state index in [1.165, 1.54) is 16.8 Å². The molecule has 0 N–H and O–H groups in total. The Morgan fingerprint density at radius 2 is 1.81 bits per heavy atom. The second-order valence-electron chi connectivity index (χ2n) is 7.12. The van der Waals surface area contributed by atoms with Crippen LogP contribution >= 0.6 is 0 Å². The summed E-state index contributed by atoms with van der Waals surface area (Å²) >= 11 is 0. The maximum Gasteiger partial charge on any atom is 0.254 e. The maximum atomic E-state index is 13.6. The van der Waals surface area contributed by atoms with Crippen LogP contribution in [0.1, 0.15) is 16.2 Å². The lowest BCUT2D eigenvalue weighted by molar-refractivity contribution is 0.0624. The summed E-state index contributed by atoms with van der Waals surface area (Å²) in [7, 11) is 3.10. The van der Waals surface area contributed by atoms with Crippen molar-refractivity contribution in [2.75, 3.05) is 40.4 Å². The summed E-state index contributed by atoms with van der Waals surface area (Å²) in [5.74, 6) is 1.33. The average molecular weight is 426 g/mol. The zero-order valence-electron chi connectivity index (χ0n) is 17.4. The molecule has 1 aromatic heterocycles. The molecule has 0 unspecified atom stereocenters. The molecule has 31 heavy (non-hydrogen) atoms. The quantitative estimate of drug-likeness (QED) is 0.594. The lowest BCUT2D eigenvalue weighted by Gasteiger charge is -2.34. The van der Waals surface area contributed by atoms with E-state index >= 15 is 0 Å². The number of carbonyl (C=O) groups excluding carboxylic acids is 1. The van der Waals surface area contributed by atoms with E-state index < -0.39 is 0 Å². The van der Waals surface area contributed by atoms with E-state index in [-0.39, 0.29) is 11.7 Å². The Kier molecular flexibility index (Phi) is 6.08. The van der Waals surface area contributed by atoms with Crippen molar-refractivity contribution in [2.45, 2.75) is 6.54 Å². The minimum atomic E-state index is -0.346. The Labute approximate surface area is 179 Å². The Morgan fingerprint density at radius 3 is 2.52 bits per heavy atom. The van der Waals surface area contributed by atoms with Gasteiger partial charge in [-0.05, 0) is 46.8 Å². The fourth-order valence-electron chi connectivity index (χ4n) is 3.57. The summed E-state index contributed by atoms with van der Waals surface area (Å²) in [5.41, 5.74) is 1.13. The van der Waals surface area contributed by atoms with Crippen LogP contribution < -0.4 is 9.47 Å². The molecule has 0 radical (unpaired) electrons. The highest BCUT2D eigenvalue weighted by molar-refractivity contribution is 5.95. The molecule has 3 aromatic rings. The number of piperazine rings is 1. The van der Waals surface area contributed by atoms with Crippen molar-refractivity contribution in [3.05, 3.63) is 59.7 Å². The zero-order valence-corrected chi connectivity index (χ0v) is 17.4. The van der Waals surface area contributed by atoms with Crippen LogP contribution in [-0.2, 0) is 6.54 Å². The van der Waals surface area contributed by atoms with Crippen molar-refractivity contribution in [3.8, 4) is 17.2 Å². The van der Waals surface area contributed by atoms with Gasteiger partial charge in [0, 0.05) is 31.7 Å². The fourth-order valence-corrected chi connectivity index (χ4v) is 3.57. The number of nitrogens with zero attached hydrogens (tertiary/aromatic N) is 6. The van der Waals surface area contributed by atoms with Crippen molar-refractivity contribution >= 4 is 5.91 Å². The molecule has 2 aromatic carbocycles. The molecular weight excluding hydrogens is 403 g/mol. The standard InChI is InChI=1S/C21H23FN6O3/c1-30-18-7-6-15(12-19(18)31-2)21(29)27-10-8-26(9-11-27)14-20-23-24-25-28(20)17-5-3-4-16(22)13-17/h3-7,12-13H,8-11,14H2,1-2H3. The third kappa shape index (κ3) is 4.48. The number of carbonyl (C=O) groups is 1. The molecule has 4 rings (SSSR count). The minimum Gasteiger partial charge on any atom is -0.493 e. The van der Waals surface area contributed by atoms with Crippen LogP contribution in [0.4, 0.5) is 4.39 Å². The molecule has 0 atom stereocenters. The van der Waals surface area contributed by atoms with Crippen LogP contribution in [0.2, 0.25) is 0 Å². The first-order chi connectivity index (χ1) is 15.1. The van der Waals surface area contributed by atoms with Crippen molar-refractivity contribution in [2.24, 2.45) is 0 Å². The van der Waals surface area contributed by atoms with Gasteiger partial charge < -0.3 is 14.4 Å². The first-order valence-corrected chi connectivity index (χ1v) is 9.86. The van der Waals surface area contributed by atoms with E-state index in [4.69, 9.17) is 9.47 Å². The fraction of sp³-hybridized carbons (Fsp3) is 0.333. The number of amides is 1. The Hall–Kier alpha value is -3.53. The molecule has 1 amide bonds. The molecule has 9 nitrogen and oxygen atoms in total. The van der Waals surface area contributed by atoms with Crippen molar-refractivity contribution in [1.82, 2.24) is 30.0 Å². The van der Waals surface area contributed by atoms with Gasteiger partial charge >= 0.3 is 0 Å². The molecule has 0 bridgehead atoms. The lowest BCUT2D eigenvalue weighted by atomic mass is 10.1. The molecule has 1 saturated heterocycles. The van der Waals surface area contributed by atoms with E-state index in [9.17, 15) is 9.18 Å². The monoisotopic (exact) mass is 426 g/mol. The molecule has 0 spiro atoms. The van der Waals surface area contributed by atoms with Gasteiger partial charge in [0.15, 0.2) is 17.3 Å². The summed E-state index contributed by atoms with van der Waals surface area (Å²) in [6.07, 6.45) is 0. The number of aromatic nitrogens is 4. The molecule has 10 heteroatoms. The molecule has 0 aliphatic carbocycles. The normalized spacial score (nSPS) is 14.5. The number of ether oxygens (including phenoxy) is 2. The number of rotatable bonds is 6. The smallest absolute Gasteiger partial charge is 0.254 e. The first-order valence-electron chi connectivity index (χ1n) is 9.86. The molecular formula is C21H23FN6O3. The topological polar surface area (TPSA) is 85.6 Å². The number of hydrogen-bond acceptors (Lipinski definition) is 7. The van der Waals surface area contributed by atoms with E-state index in [1.54, 1.807) is 44.6 Å². The van der Waals surface area contributed by atoms with E-state index in [2.05, 4.69) is 20.4 Å². The van der Waals surface area contributed by atoms with E-state index in [0.29, 0.717) is 61.3 Å². The van der Waals surface area contributed by atoms with Gasteiger partial charge in [0.2, 0.25) is 0 Å². The Balaban J connectivity index is 1.39. The molecule has 162 valence electrons. The van der Waals surface area contributed by atoms with Crippen molar-refractivity contribution in [1.29, 1.82) is 0 Å². The SMILES string of the molecule is COc1ccc(C(=O)N2CCN(Cc3nnnn3-c3cccc(F)c3)CC2)cc1OC. The van der Waals surface area contributed by atoms with Gasteiger partial charge in [0.05, 0.1) is 26.5 Å². The highest BCUT2D eigenvalue weighted by Gasteiger charge is 2.24. The molecule has 0 saturated carbocycles. The Bertz CT molecular complexity index is 1060. The van der Waals surface area contributed by atoms with E-state index in [1.807, 2.05) is 4.90 Å². The number of methoxy groups -OCH3 is 2. The maximum absolute atomic E-state index is 13.6. The van der Waals surface area contributed by atoms with Gasteiger partial charge in [-0.3, -0.25) is 9.69 Å².